The number of rotatable bonds is 6. The van der Waals surface area contributed by atoms with E-state index in [9.17, 15) is 8.78 Å². The molecule has 2 aromatic heterocycles. The van der Waals surface area contributed by atoms with E-state index in [1.165, 1.54) is 24.5 Å². The summed E-state index contributed by atoms with van der Waals surface area (Å²) in [5.41, 5.74) is 3.74. The molecule has 170 valence electrons. The molecule has 0 spiro atoms. The molecule has 1 N–H and O–H groups in total. The van der Waals surface area contributed by atoms with Gasteiger partial charge in [-0.2, -0.15) is 5.26 Å². The summed E-state index contributed by atoms with van der Waals surface area (Å²) in [5, 5.41) is 11.9. The van der Waals surface area contributed by atoms with Crippen LogP contribution >= 0.6 is 0 Å². The highest BCUT2D eigenvalue weighted by Crippen LogP contribution is 2.45. The smallest absolute Gasteiger partial charge is 0.277 e. The Morgan fingerprint density at radius 3 is 2.45 bits per heavy atom. The van der Waals surface area contributed by atoms with E-state index < -0.39 is 6.43 Å². The van der Waals surface area contributed by atoms with Crippen LogP contribution in [-0.2, 0) is 0 Å². The second-order valence-electron chi connectivity index (χ2n) is 8.61. The van der Waals surface area contributed by atoms with Crippen molar-refractivity contribution in [3.8, 4) is 6.07 Å². The predicted octanol–water partition coefficient (Wildman–Crippen LogP) is 3.73. The van der Waals surface area contributed by atoms with E-state index in [1.54, 1.807) is 12.4 Å². The third kappa shape index (κ3) is 4.51. The van der Waals surface area contributed by atoms with Gasteiger partial charge in [0.05, 0.1) is 42.1 Å². The molecule has 2 aliphatic heterocycles. The lowest BCUT2D eigenvalue weighted by Gasteiger charge is -2.42. The molecule has 2 aromatic rings. The van der Waals surface area contributed by atoms with Crippen LogP contribution in [0.25, 0.3) is 0 Å². The summed E-state index contributed by atoms with van der Waals surface area (Å²) in [6, 6.07) is 4.34. The van der Waals surface area contributed by atoms with E-state index in [4.69, 9.17) is 5.26 Å². The number of allylic oxidation sites excluding steroid dienone is 3. The summed E-state index contributed by atoms with van der Waals surface area (Å²) < 4.78 is 26.3. The number of nitrogens with one attached hydrogen (secondary N) is 1. The summed E-state index contributed by atoms with van der Waals surface area (Å²) in [6.45, 7) is 1.89. The fourth-order valence-corrected chi connectivity index (χ4v) is 4.60. The Bertz CT molecular complexity index is 1090. The number of alkyl halides is 2. The molecule has 5 rings (SSSR count). The van der Waals surface area contributed by atoms with Gasteiger partial charge in [-0.3, -0.25) is 4.98 Å². The lowest BCUT2D eigenvalue weighted by Crippen LogP contribution is -2.47. The molecular weight excluding hydrogens is 424 g/mol. The molecule has 33 heavy (non-hydrogen) atoms. The summed E-state index contributed by atoms with van der Waals surface area (Å²) in [6.07, 6.45) is 11.7. The number of hydrogen-bond acceptors (Lipinski definition) is 7. The molecule has 1 saturated heterocycles. The number of piperidine rings is 1. The highest BCUT2D eigenvalue weighted by Gasteiger charge is 2.34. The number of dihydropyridines is 1. The van der Waals surface area contributed by atoms with Crippen molar-refractivity contribution in [1.29, 1.82) is 5.26 Å². The number of pyridine rings is 1. The zero-order valence-electron chi connectivity index (χ0n) is 18.2. The quantitative estimate of drug-likeness (QED) is 0.720. The van der Waals surface area contributed by atoms with E-state index in [1.807, 2.05) is 24.5 Å². The van der Waals surface area contributed by atoms with Gasteiger partial charge >= 0.3 is 0 Å². The fourth-order valence-electron chi connectivity index (χ4n) is 4.60. The Hall–Kier alpha value is -3.54. The van der Waals surface area contributed by atoms with Crippen LogP contribution in [0.2, 0.25) is 0 Å². The minimum Gasteiger partial charge on any atom is -0.378 e. The largest absolute Gasteiger partial charge is 0.378 e. The molecular formula is C24H25F2N7. The van der Waals surface area contributed by atoms with Gasteiger partial charge in [0.2, 0.25) is 5.95 Å². The Morgan fingerprint density at radius 1 is 1.09 bits per heavy atom. The van der Waals surface area contributed by atoms with Crippen molar-refractivity contribution in [1.82, 2.24) is 20.3 Å². The maximum absolute atomic E-state index is 13.1. The molecule has 7 nitrogen and oxygen atoms in total. The first kappa shape index (κ1) is 21.3. The summed E-state index contributed by atoms with van der Waals surface area (Å²) in [7, 11) is 0. The topological polar surface area (TPSA) is 81.0 Å². The van der Waals surface area contributed by atoms with Crippen molar-refractivity contribution in [2.24, 2.45) is 0 Å². The van der Waals surface area contributed by atoms with E-state index in [2.05, 4.69) is 36.1 Å². The Morgan fingerprint density at radius 2 is 1.85 bits per heavy atom. The van der Waals surface area contributed by atoms with Crippen LogP contribution in [0.5, 0.6) is 0 Å². The van der Waals surface area contributed by atoms with Crippen LogP contribution in [0, 0.1) is 11.3 Å². The first-order valence-electron chi connectivity index (χ1n) is 11.3. The number of aromatic nitrogens is 3. The molecule has 2 fully saturated rings. The average molecular weight is 450 g/mol. The zero-order valence-corrected chi connectivity index (χ0v) is 18.2. The van der Waals surface area contributed by atoms with Crippen LogP contribution in [0.15, 0.2) is 54.4 Å². The number of anilines is 2. The van der Waals surface area contributed by atoms with Crippen molar-refractivity contribution in [2.75, 3.05) is 29.4 Å². The third-order valence-corrected chi connectivity index (χ3v) is 6.46. The molecule has 0 bridgehead atoms. The van der Waals surface area contributed by atoms with E-state index >= 15 is 0 Å². The lowest BCUT2D eigenvalue weighted by atomic mass is 9.99. The number of halogens is 2. The molecule has 3 aliphatic rings. The Balaban J connectivity index is 1.40. The van der Waals surface area contributed by atoms with E-state index in [0.717, 1.165) is 37.3 Å². The minimum absolute atomic E-state index is 0.0416. The first-order chi connectivity index (χ1) is 16.1. The second-order valence-corrected chi connectivity index (χ2v) is 8.61. The average Bonchev–Trinajstić information content (AvgIpc) is 3.71. The predicted molar refractivity (Wildman–Crippen MR) is 121 cm³/mol. The number of nitrogens with zero attached hydrogens (tertiary/aromatic N) is 6. The van der Waals surface area contributed by atoms with Gasteiger partial charge in [-0.25, -0.2) is 18.7 Å². The van der Waals surface area contributed by atoms with Crippen LogP contribution in [-0.4, -0.2) is 47.1 Å². The SMILES string of the molecule is N#Cc1cnc(N2CCC(N(C3=CC=C(C(F)F)NC3)c3cnccc3C3CC3)CC2)nc1. The van der Waals surface area contributed by atoms with Gasteiger partial charge < -0.3 is 15.1 Å². The Kier molecular flexibility index (Phi) is 5.90. The summed E-state index contributed by atoms with van der Waals surface area (Å²) in [4.78, 5) is 17.5. The number of hydrogen-bond donors (Lipinski definition) is 1. The van der Waals surface area contributed by atoms with Gasteiger partial charge in [-0.15, -0.1) is 0 Å². The Labute approximate surface area is 191 Å². The third-order valence-electron chi connectivity index (χ3n) is 6.46. The molecule has 0 amide bonds. The van der Waals surface area contributed by atoms with Crippen molar-refractivity contribution >= 4 is 11.6 Å². The van der Waals surface area contributed by atoms with Gasteiger partial charge in [-0.1, -0.05) is 0 Å². The maximum Gasteiger partial charge on any atom is 0.277 e. The maximum atomic E-state index is 13.1. The highest BCUT2D eigenvalue weighted by molar-refractivity contribution is 5.61. The molecule has 9 heteroatoms. The van der Waals surface area contributed by atoms with Crippen molar-refractivity contribution in [3.63, 3.8) is 0 Å². The van der Waals surface area contributed by atoms with Crippen LogP contribution < -0.4 is 15.1 Å². The molecule has 4 heterocycles. The fraction of sp³-hybridized carbons (Fsp3) is 0.417. The highest BCUT2D eigenvalue weighted by atomic mass is 19.3. The van der Waals surface area contributed by atoms with Gasteiger partial charge in [0.1, 0.15) is 6.07 Å². The molecule has 1 saturated carbocycles. The lowest BCUT2D eigenvalue weighted by molar-refractivity contribution is 0.180. The van der Waals surface area contributed by atoms with Crippen molar-refractivity contribution in [2.45, 2.75) is 44.1 Å². The second kappa shape index (κ2) is 9.14. The van der Waals surface area contributed by atoms with Crippen LogP contribution in [0.1, 0.15) is 42.7 Å². The molecule has 0 atom stereocenters. The summed E-state index contributed by atoms with van der Waals surface area (Å²) in [5.74, 6) is 1.17. The molecule has 1 aliphatic carbocycles. The van der Waals surface area contributed by atoms with Gasteiger partial charge in [0, 0.05) is 31.0 Å². The van der Waals surface area contributed by atoms with E-state index in [-0.39, 0.29) is 11.7 Å². The normalized spacial score (nSPS) is 18.9. The molecule has 0 unspecified atom stereocenters. The summed E-state index contributed by atoms with van der Waals surface area (Å²) >= 11 is 0. The van der Waals surface area contributed by atoms with Crippen molar-refractivity contribution < 1.29 is 8.78 Å². The standard InChI is InChI=1S/C24H25F2N7/c25-23(26)21-4-3-19(14-29-21)33(22-15-28-8-5-20(22)17-1-2-17)18-6-9-32(10-7-18)24-30-12-16(11-27)13-31-24/h3-5,8,12-13,15,17-18,23,29H,1-2,6-7,9-10,14H2. The van der Waals surface area contributed by atoms with Gasteiger partial charge in [0.25, 0.3) is 6.43 Å². The molecule has 0 aromatic carbocycles. The van der Waals surface area contributed by atoms with E-state index in [0.29, 0.717) is 24.0 Å². The van der Waals surface area contributed by atoms with Crippen LogP contribution in [0.4, 0.5) is 20.4 Å². The number of nitriles is 1. The zero-order chi connectivity index (χ0) is 22.8. The van der Waals surface area contributed by atoms with Gasteiger partial charge in [0.15, 0.2) is 0 Å². The van der Waals surface area contributed by atoms with Gasteiger partial charge in [-0.05, 0) is 55.4 Å². The molecule has 0 radical (unpaired) electrons. The van der Waals surface area contributed by atoms with Crippen molar-refractivity contribution in [3.05, 3.63) is 65.5 Å². The first-order valence-corrected chi connectivity index (χ1v) is 11.3. The monoisotopic (exact) mass is 449 g/mol. The van der Waals surface area contributed by atoms with Crippen LogP contribution in [0.3, 0.4) is 0 Å². The minimum atomic E-state index is -2.51.